The Hall–Kier alpha value is -3.86. The Kier molecular flexibility index (Phi) is 20.3. The van der Waals surface area contributed by atoms with Gasteiger partial charge in [0.05, 0.1) is 0 Å². The topological polar surface area (TPSA) is 127 Å². The van der Waals surface area contributed by atoms with Crippen LogP contribution in [-0.4, -0.2) is 91.3 Å². The van der Waals surface area contributed by atoms with Crippen molar-refractivity contribution in [1.29, 1.82) is 0 Å². The summed E-state index contributed by atoms with van der Waals surface area (Å²) in [6.07, 6.45) is 7.13. The number of nitrogens with zero attached hydrogens (tertiary/aromatic N) is 2. The van der Waals surface area contributed by atoms with E-state index in [1.54, 1.807) is 18.0 Å². The van der Waals surface area contributed by atoms with E-state index in [0.29, 0.717) is 44.7 Å². The zero-order valence-electron chi connectivity index (χ0n) is 37.5. The molecule has 2 rings (SSSR count). The minimum Gasteiger partial charge on any atom is -0.483 e. The lowest BCUT2D eigenvalue weighted by Crippen LogP contribution is -2.49. The van der Waals surface area contributed by atoms with E-state index in [1.165, 1.54) is 24.1 Å². The highest BCUT2D eigenvalue weighted by Gasteiger charge is 2.36. The van der Waals surface area contributed by atoms with Crippen LogP contribution in [0.1, 0.15) is 132 Å². The van der Waals surface area contributed by atoms with Crippen LogP contribution < -0.4 is 10.6 Å². The van der Waals surface area contributed by atoms with Crippen molar-refractivity contribution in [2.45, 2.75) is 145 Å². The molecule has 0 saturated carbocycles. The van der Waals surface area contributed by atoms with Gasteiger partial charge < -0.3 is 29.7 Å². The van der Waals surface area contributed by atoms with Gasteiger partial charge in [-0.15, -0.1) is 0 Å². The molecule has 11 heteroatoms. The Morgan fingerprint density at radius 1 is 0.912 bits per heavy atom. The quantitative estimate of drug-likeness (QED) is 0.0722. The fourth-order valence-corrected chi connectivity index (χ4v) is 7.29. The van der Waals surface area contributed by atoms with Crippen LogP contribution in [-0.2, 0) is 35.1 Å². The summed E-state index contributed by atoms with van der Waals surface area (Å²) in [6.45, 7) is 27.9. The summed E-state index contributed by atoms with van der Waals surface area (Å²) >= 11 is 0. The third kappa shape index (κ3) is 17.3. The zero-order chi connectivity index (χ0) is 42.9. The molecule has 1 aliphatic rings. The van der Waals surface area contributed by atoms with Gasteiger partial charge in [-0.3, -0.25) is 14.5 Å². The summed E-state index contributed by atoms with van der Waals surface area (Å²) in [7, 11) is 1.59. The van der Waals surface area contributed by atoms with E-state index in [9.17, 15) is 19.2 Å². The van der Waals surface area contributed by atoms with Crippen LogP contribution in [0.3, 0.4) is 0 Å². The van der Waals surface area contributed by atoms with E-state index in [2.05, 4.69) is 74.4 Å². The van der Waals surface area contributed by atoms with Gasteiger partial charge in [0.1, 0.15) is 17.5 Å². The van der Waals surface area contributed by atoms with Crippen LogP contribution >= 0.6 is 0 Å². The number of carbonyl (C=O) groups excluding carboxylic acids is 4. The van der Waals surface area contributed by atoms with Crippen LogP contribution in [0.4, 0.5) is 4.79 Å². The molecule has 0 bridgehead atoms. The number of piperazine rings is 1. The Balaban J connectivity index is 2.30. The van der Waals surface area contributed by atoms with Gasteiger partial charge in [-0.2, -0.15) is 0 Å². The number of ether oxygens (including phenoxy) is 3. The smallest absolute Gasteiger partial charge is 0.410 e. The van der Waals surface area contributed by atoms with Crippen molar-refractivity contribution in [3.63, 3.8) is 0 Å². The number of nitrogens with one attached hydrogen (secondary N) is 2. The highest BCUT2D eigenvalue weighted by molar-refractivity contribution is 5.87. The van der Waals surface area contributed by atoms with Crippen LogP contribution in [0.15, 0.2) is 48.3 Å². The molecule has 3 amide bonds. The molecular formula is C46H76N4O7. The van der Waals surface area contributed by atoms with Gasteiger partial charge in [0.25, 0.3) is 0 Å². The number of rotatable bonds is 21. The molecule has 2 N–H and O–H groups in total. The molecule has 1 heterocycles. The molecule has 1 aliphatic heterocycles. The first kappa shape index (κ1) is 49.3. The molecule has 0 aliphatic carbocycles. The highest BCUT2D eigenvalue weighted by Crippen LogP contribution is 2.38. The largest absolute Gasteiger partial charge is 0.483 e. The normalized spacial score (nSPS) is 17.1. The second-order valence-electron chi connectivity index (χ2n) is 17.8. The molecule has 5 atom stereocenters. The molecule has 0 spiro atoms. The van der Waals surface area contributed by atoms with Gasteiger partial charge >= 0.3 is 12.1 Å². The molecule has 5 unspecified atom stereocenters. The molecular weight excluding hydrogens is 721 g/mol. The minimum atomic E-state index is -0.841. The Morgan fingerprint density at radius 3 is 2.07 bits per heavy atom. The summed E-state index contributed by atoms with van der Waals surface area (Å²) in [5, 5.41) is 5.53. The van der Waals surface area contributed by atoms with Crippen molar-refractivity contribution < 1.29 is 33.4 Å². The maximum absolute atomic E-state index is 14.2. The lowest BCUT2D eigenvalue weighted by molar-refractivity contribution is -0.166. The van der Waals surface area contributed by atoms with Crippen molar-refractivity contribution in [3.8, 4) is 0 Å². The van der Waals surface area contributed by atoms with E-state index in [4.69, 9.17) is 14.2 Å². The first-order chi connectivity index (χ1) is 26.7. The predicted octanol–water partition coefficient (Wildman–Crippen LogP) is 8.39. The third-order valence-corrected chi connectivity index (χ3v) is 10.7. The minimum absolute atomic E-state index is 0.0410. The summed E-state index contributed by atoms with van der Waals surface area (Å²) in [6, 6.07) is 8.84. The SMILES string of the molecule is CC/C=C(\OC(CC(C)C)C(=O)OC(C/C=C/C(=O)NC)C(C)C(CCC)C(C)c1ccc(CN2CCN(C(=O)OC(C)(C)C)CC2)cc1)C(C)(C)CNC(C)=O. The second kappa shape index (κ2) is 23.5. The zero-order valence-corrected chi connectivity index (χ0v) is 37.5. The number of likely N-dealkylation sites (N-methyl/N-ethyl adjacent to an activating group) is 1. The van der Waals surface area contributed by atoms with Gasteiger partial charge in [-0.05, 0) is 87.0 Å². The average molecular weight is 797 g/mol. The van der Waals surface area contributed by atoms with Crippen LogP contribution in [0.25, 0.3) is 0 Å². The monoisotopic (exact) mass is 797 g/mol. The molecule has 57 heavy (non-hydrogen) atoms. The fraction of sp³-hybridized carbons (Fsp3) is 0.696. The van der Waals surface area contributed by atoms with E-state index < -0.39 is 29.2 Å². The van der Waals surface area contributed by atoms with E-state index in [0.717, 1.165) is 32.5 Å². The lowest BCUT2D eigenvalue weighted by Gasteiger charge is -2.36. The van der Waals surface area contributed by atoms with Gasteiger partial charge in [0.2, 0.25) is 11.8 Å². The molecule has 1 fully saturated rings. The van der Waals surface area contributed by atoms with E-state index in [-0.39, 0.29) is 41.6 Å². The van der Waals surface area contributed by atoms with Crippen LogP contribution in [0, 0.1) is 23.2 Å². The van der Waals surface area contributed by atoms with Crippen molar-refractivity contribution in [3.05, 3.63) is 59.4 Å². The Morgan fingerprint density at radius 2 is 1.54 bits per heavy atom. The maximum atomic E-state index is 14.2. The first-order valence-corrected chi connectivity index (χ1v) is 21.2. The number of carbonyl (C=O) groups is 4. The van der Waals surface area contributed by atoms with Crippen LogP contribution in [0.2, 0.25) is 0 Å². The number of benzene rings is 1. The first-order valence-electron chi connectivity index (χ1n) is 21.2. The van der Waals surface area contributed by atoms with E-state index in [1.807, 2.05) is 47.6 Å². The van der Waals surface area contributed by atoms with Crippen molar-refractivity contribution in [2.24, 2.45) is 23.2 Å². The average Bonchev–Trinajstić information content (AvgIpc) is 3.14. The molecule has 1 aromatic rings. The summed E-state index contributed by atoms with van der Waals surface area (Å²) in [5.41, 5.74) is 1.39. The van der Waals surface area contributed by atoms with Crippen LogP contribution in [0.5, 0.6) is 0 Å². The number of amides is 3. The predicted molar refractivity (Wildman–Crippen MR) is 228 cm³/mol. The third-order valence-electron chi connectivity index (χ3n) is 10.7. The number of esters is 1. The molecule has 0 radical (unpaired) electrons. The highest BCUT2D eigenvalue weighted by atomic mass is 16.6. The summed E-state index contributed by atoms with van der Waals surface area (Å²) in [4.78, 5) is 54.9. The number of hydrogen-bond donors (Lipinski definition) is 2. The second-order valence-corrected chi connectivity index (χ2v) is 17.8. The summed E-state index contributed by atoms with van der Waals surface area (Å²) < 4.78 is 18.6. The standard InChI is InChI=1S/C46H76N4O7/c1-14-17-38(33(5)37-23-21-36(22-24-37)30-49-25-27-50(28-26-49)44(54)57-45(8,9)10)34(6)39(19-16-20-42(52)47-13)56-43(53)40(29-32(3)4)55-41(18-15-2)46(11,12)31-48-35(7)51/h16,18,20-24,32-34,38-40H,14-15,17,19,25-31H2,1-13H3,(H,47,52)(H,48,51)/b20-16+,41-18-. The molecule has 1 aromatic carbocycles. The molecule has 0 aromatic heterocycles. The molecule has 11 nitrogen and oxygen atoms in total. The Labute approximate surface area is 344 Å². The fourth-order valence-electron chi connectivity index (χ4n) is 7.29. The number of allylic oxidation sites excluding steroid dienone is 1. The Bertz CT molecular complexity index is 1470. The van der Waals surface area contributed by atoms with E-state index >= 15 is 0 Å². The van der Waals surface area contributed by atoms with Crippen molar-refractivity contribution in [2.75, 3.05) is 39.8 Å². The van der Waals surface area contributed by atoms with Gasteiger partial charge in [0, 0.05) is 65.1 Å². The van der Waals surface area contributed by atoms with Gasteiger partial charge in [-0.1, -0.05) is 92.2 Å². The molecule has 322 valence electrons. The lowest BCUT2D eigenvalue weighted by atomic mass is 9.74. The van der Waals surface area contributed by atoms with Crippen molar-refractivity contribution >= 4 is 23.9 Å². The maximum Gasteiger partial charge on any atom is 0.410 e. The van der Waals surface area contributed by atoms with Gasteiger partial charge in [0.15, 0.2) is 6.10 Å². The van der Waals surface area contributed by atoms with Gasteiger partial charge in [-0.25, -0.2) is 9.59 Å². The van der Waals surface area contributed by atoms with Crippen molar-refractivity contribution in [1.82, 2.24) is 20.4 Å². The molecule has 1 saturated heterocycles. The number of hydrogen-bond acceptors (Lipinski definition) is 8. The summed E-state index contributed by atoms with van der Waals surface area (Å²) in [5.74, 6) is 0.355.